The highest BCUT2D eigenvalue weighted by Crippen LogP contribution is 1.93. The molecular weight excluding hydrogens is 116 g/mol. The fourth-order valence-corrected chi connectivity index (χ4v) is 0.528. The van der Waals surface area contributed by atoms with Gasteiger partial charge in [0.2, 0.25) is 0 Å². The van der Waals surface area contributed by atoms with Crippen LogP contribution in [0.5, 0.6) is 0 Å². The molecule has 0 unspecified atom stereocenters. The normalized spacial score (nSPS) is 9.00. The second kappa shape index (κ2) is 5.48. The van der Waals surface area contributed by atoms with E-state index in [1.807, 2.05) is 6.92 Å². The van der Waals surface area contributed by atoms with Gasteiger partial charge in [-0.3, -0.25) is 4.79 Å². The molecule has 2 heteroatoms. The van der Waals surface area contributed by atoms with E-state index in [1.54, 1.807) is 0 Å². The summed E-state index contributed by atoms with van der Waals surface area (Å²) in [6.07, 6.45) is 3.84. The highest BCUT2D eigenvalue weighted by Gasteiger charge is 1.97. The third-order valence-corrected chi connectivity index (χ3v) is 0.938. The Hall–Kier alpha value is -0.660. The Labute approximate surface area is 55.3 Å². The molecule has 9 heavy (non-hydrogen) atoms. The Bertz CT molecular complexity index is 97.1. The Balaban J connectivity index is 3.16. The Morgan fingerprint density at radius 1 is 1.56 bits per heavy atom. The molecule has 0 spiro atoms. The fourth-order valence-electron chi connectivity index (χ4n) is 0.528. The highest BCUT2D eigenvalue weighted by atomic mass is 16.1. The molecule has 0 aromatic heterocycles. The minimum absolute atomic E-state index is 0.0737. The Morgan fingerprint density at radius 3 is 2.67 bits per heavy atom. The summed E-state index contributed by atoms with van der Waals surface area (Å²) in [4.78, 5) is 20.3. The zero-order valence-electron chi connectivity index (χ0n) is 5.59. The van der Waals surface area contributed by atoms with E-state index in [-0.39, 0.29) is 12.2 Å². The largest absolute Gasteiger partial charge is 0.303 e. The van der Waals surface area contributed by atoms with Crippen LogP contribution in [0.4, 0.5) is 0 Å². The van der Waals surface area contributed by atoms with Gasteiger partial charge in [0.05, 0.1) is 0 Å². The second-order valence-corrected chi connectivity index (χ2v) is 1.82. The topological polar surface area (TPSA) is 34.1 Å². The number of rotatable bonds is 5. The maximum atomic E-state index is 10.6. The Morgan fingerprint density at radius 2 is 2.22 bits per heavy atom. The Kier molecular flexibility index (Phi) is 5.07. The quantitative estimate of drug-likeness (QED) is 0.519. The summed E-state index contributed by atoms with van der Waals surface area (Å²) in [6, 6.07) is 0. The van der Waals surface area contributed by atoms with Crippen molar-refractivity contribution >= 4 is 12.1 Å². The van der Waals surface area contributed by atoms with Crippen molar-refractivity contribution in [3.05, 3.63) is 6.42 Å². The molecule has 2 nitrogen and oxygen atoms in total. The molecule has 0 fully saturated rings. The van der Waals surface area contributed by atoms with Crippen LogP contribution in [0.15, 0.2) is 0 Å². The lowest BCUT2D eigenvalue weighted by molar-refractivity contribution is -0.117. The van der Waals surface area contributed by atoms with Crippen molar-refractivity contribution in [2.75, 3.05) is 0 Å². The van der Waals surface area contributed by atoms with E-state index < -0.39 is 0 Å². The zero-order chi connectivity index (χ0) is 7.11. The van der Waals surface area contributed by atoms with Gasteiger partial charge < -0.3 is 4.79 Å². The summed E-state index contributed by atoms with van der Waals surface area (Å²) in [5.41, 5.74) is 0. The van der Waals surface area contributed by atoms with Crippen LogP contribution in [0, 0.1) is 6.42 Å². The molecular formula is C7H11O2. The van der Waals surface area contributed by atoms with Crippen LogP contribution < -0.4 is 0 Å². The zero-order valence-corrected chi connectivity index (χ0v) is 5.59. The summed E-state index contributed by atoms with van der Waals surface area (Å²) in [5.74, 6) is 0.0737. The van der Waals surface area contributed by atoms with E-state index in [9.17, 15) is 9.59 Å². The van der Waals surface area contributed by atoms with E-state index in [0.29, 0.717) is 6.42 Å². The second-order valence-electron chi connectivity index (χ2n) is 1.82. The molecule has 0 atom stereocenters. The van der Waals surface area contributed by atoms with Gasteiger partial charge in [-0.15, -0.1) is 0 Å². The number of ketones is 1. The van der Waals surface area contributed by atoms with E-state index >= 15 is 0 Å². The lowest BCUT2D eigenvalue weighted by atomic mass is 10.1. The third-order valence-electron chi connectivity index (χ3n) is 0.938. The number of carbonyl (C=O) groups excluding carboxylic acids is 2. The number of hydrogen-bond donors (Lipinski definition) is 0. The molecule has 0 aliphatic carbocycles. The van der Waals surface area contributed by atoms with Gasteiger partial charge in [-0.05, 0) is 6.42 Å². The predicted octanol–water partition coefficient (Wildman–Crippen LogP) is 1.15. The molecule has 0 bridgehead atoms. The van der Waals surface area contributed by atoms with Gasteiger partial charge in [0.1, 0.15) is 12.1 Å². The maximum Gasteiger partial charge on any atom is 0.137 e. The van der Waals surface area contributed by atoms with Gasteiger partial charge in [-0.25, -0.2) is 0 Å². The van der Waals surface area contributed by atoms with Crippen molar-refractivity contribution in [2.45, 2.75) is 26.2 Å². The summed E-state index contributed by atoms with van der Waals surface area (Å²) in [5, 5.41) is 0. The molecule has 0 saturated heterocycles. The SMILES string of the molecule is CCCC(=O)[CH]CC=O. The van der Waals surface area contributed by atoms with Crippen molar-refractivity contribution in [1.29, 1.82) is 0 Å². The number of hydrogen-bond acceptors (Lipinski definition) is 2. The molecule has 0 aromatic carbocycles. The minimum Gasteiger partial charge on any atom is -0.303 e. The van der Waals surface area contributed by atoms with Crippen LogP contribution in [0.25, 0.3) is 0 Å². The van der Waals surface area contributed by atoms with Crippen LogP contribution >= 0.6 is 0 Å². The van der Waals surface area contributed by atoms with Crippen LogP contribution in [0.1, 0.15) is 26.2 Å². The van der Waals surface area contributed by atoms with Gasteiger partial charge in [-0.2, -0.15) is 0 Å². The summed E-state index contributed by atoms with van der Waals surface area (Å²) >= 11 is 0. The number of Topliss-reactive ketones (excluding diaryl/α,β-unsaturated/α-hetero) is 1. The van der Waals surface area contributed by atoms with Crippen molar-refractivity contribution in [1.82, 2.24) is 0 Å². The van der Waals surface area contributed by atoms with Crippen molar-refractivity contribution in [3.8, 4) is 0 Å². The average Bonchev–Trinajstić information content (AvgIpc) is 1.85. The molecule has 0 amide bonds. The van der Waals surface area contributed by atoms with Crippen molar-refractivity contribution in [3.63, 3.8) is 0 Å². The van der Waals surface area contributed by atoms with Crippen LogP contribution in [-0.4, -0.2) is 12.1 Å². The van der Waals surface area contributed by atoms with E-state index in [2.05, 4.69) is 0 Å². The predicted molar refractivity (Wildman–Crippen MR) is 34.9 cm³/mol. The molecule has 0 aliphatic heterocycles. The smallest absolute Gasteiger partial charge is 0.137 e. The molecule has 0 aromatic rings. The van der Waals surface area contributed by atoms with E-state index in [0.717, 1.165) is 12.7 Å². The summed E-state index contributed by atoms with van der Waals surface area (Å²) in [7, 11) is 0. The molecule has 51 valence electrons. The first kappa shape index (κ1) is 8.34. The van der Waals surface area contributed by atoms with E-state index in [4.69, 9.17) is 0 Å². The lowest BCUT2D eigenvalue weighted by Gasteiger charge is -1.90. The average molecular weight is 127 g/mol. The van der Waals surface area contributed by atoms with Gasteiger partial charge in [0, 0.05) is 19.3 Å². The van der Waals surface area contributed by atoms with Gasteiger partial charge in [-0.1, -0.05) is 6.92 Å². The lowest BCUT2D eigenvalue weighted by Crippen LogP contribution is -1.97. The summed E-state index contributed by atoms with van der Waals surface area (Å²) < 4.78 is 0. The highest BCUT2D eigenvalue weighted by molar-refractivity contribution is 5.88. The molecule has 0 heterocycles. The van der Waals surface area contributed by atoms with Crippen molar-refractivity contribution in [2.24, 2.45) is 0 Å². The third kappa shape index (κ3) is 5.21. The van der Waals surface area contributed by atoms with Crippen LogP contribution in [0.2, 0.25) is 0 Å². The first-order valence-corrected chi connectivity index (χ1v) is 3.11. The standard InChI is InChI=1S/C7H11O2/c1-2-4-7(9)5-3-6-8/h5-6H,2-4H2,1H3. The number of carbonyl (C=O) groups is 2. The van der Waals surface area contributed by atoms with Crippen molar-refractivity contribution < 1.29 is 9.59 Å². The van der Waals surface area contributed by atoms with Gasteiger partial charge in [0.25, 0.3) is 0 Å². The number of aldehydes is 1. The fraction of sp³-hybridized carbons (Fsp3) is 0.571. The minimum atomic E-state index is 0.0737. The molecule has 0 N–H and O–H groups in total. The summed E-state index contributed by atoms with van der Waals surface area (Å²) in [6.45, 7) is 1.94. The molecule has 0 aliphatic rings. The maximum absolute atomic E-state index is 10.6. The molecule has 0 saturated carbocycles. The van der Waals surface area contributed by atoms with Gasteiger partial charge >= 0.3 is 0 Å². The van der Waals surface area contributed by atoms with Crippen LogP contribution in [0.3, 0.4) is 0 Å². The van der Waals surface area contributed by atoms with Gasteiger partial charge in [0.15, 0.2) is 0 Å². The first-order chi connectivity index (χ1) is 4.31. The first-order valence-electron chi connectivity index (χ1n) is 3.11. The van der Waals surface area contributed by atoms with E-state index in [1.165, 1.54) is 6.42 Å². The monoisotopic (exact) mass is 127 g/mol. The molecule has 1 radical (unpaired) electrons. The molecule has 0 rings (SSSR count). The van der Waals surface area contributed by atoms with Crippen LogP contribution in [-0.2, 0) is 9.59 Å².